The van der Waals surface area contributed by atoms with Crippen molar-refractivity contribution in [1.29, 1.82) is 0 Å². The Bertz CT molecular complexity index is 802. The molecule has 0 N–H and O–H groups in total. The molecular weight excluding hydrogens is 422 g/mol. The number of likely N-dealkylation sites (N-methyl/N-ethyl adjacent to an activating group) is 1. The predicted octanol–water partition coefficient (Wildman–Crippen LogP) is 5.45. The van der Waals surface area contributed by atoms with Crippen molar-refractivity contribution in [3.05, 3.63) is 82.9 Å². The lowest BCUT2D eigenvalue weighted by molar-refractivity contribution is 0.103. The van der Waals surface area contributed by atoms with Gasteiger partial charge in [-0.2, -0.15) is 0 Å². The van der Waals surface area contributed by atoms with Crippen molar-refractivity contribution in [2.45, 2.75) is 4.90 Å². The molecule has 0 saturated heterocycles. The van der Waals surface area contributed by atoms with Crippen LogP contribution in [0.25, 0.3) is 0 Å². The number of carbonyl (C=O) groups excluding carboxylic acids is 1. The minimum atomic E-state index is 0.0172. The zero-order chi connectivity index (χ0) is 19.6. The molecule has 0 saturated carbocycles. The van der Waals surface area contributed by atoms with E-state index in [0.29, 0.717) is 17.7 Å². The Morgan fingerprint density at radius 1 is 1.19 bits per heavy atom. The molecule has 5 heteroatoms. The number of ether oxygens (including phenoxy) is 1. The van der Waals surface area contributed by atoms with E-state index >= 15 is 0 Å². The number of nitrogens with zero attached hydrogens (tertiary/aromatic N) is 1. The van der Waals surface area contributed by atoms with Crippen molar-refractivity contribution < 1.29 is 9.53 Å². The van der Waals surface area contributed by atoms with Gasteiger partial charge in [0.15, 0.2) is 5.78 Å². The summed E-state index contributed by atoms with van der Waals surface area (Å²) in [7, 11) is 2.04. The molecule has 0 atom stereocenters. The Morgan fingerprint density at radius 2 is 1.93 bits per heavy atom. The molecule has 0 aromatic heterocycles. The van der Waals surface area contributed by atoms with Crippen LogP contribution in [0.4, 0.5) is 0 Å². The summed E-state index contributed by atoms with van der Waals surface area (Å²) in [5, 5.41) is 0. The zero-order valence-corrected chi connectivity index (χ0v) is 18.1. The van der Waals surface area contributed by atoms with Gasteiger partial charge in [0.2, 0.25) is 0 Å². The maximum absolute atomic E-state index is 12.8. The van der Waals surface area contributed by atoms with Gasteiger partial charge in [0.25, 0.3) is 0 Å². The van der Waals surface area contributed by atoms with E-state index in [0.717, 1.165) is 28.2 Å². The Balaban J connectivity index is 2.01. The lowest BCUT2D eigenvalue weighted by Gasteiger charge is -2.11. The Labute approximate surface area is 174 Å². The molecule has 2 rings (SSSR count). The summed E-state index contributed by atoms with van der Waals surface area (Å²) < 4.78 is 6.75. The summed E-state index contributed by atoms with van der Waals surface area (Å²) in [6.45, 7) is 5.93. The molecule has 0 unspecified atom stereocenters. The summed E-state index contributed by atoms with van der Waals surface area (Å²) in [4.78, 5) is 15.8. The Kier molecular flexibility index (Phi) is 8.85. The third kappa shape index (κ3) is 6.69. The van der Waals surface area contributed by atoms with Crippen LogP contribution in [0.3, 0.4) is 0 Å². The molecule has 0 fully saturated rings. The van der Waals surface area contributed by atoms with E-state index in [1.165, 1.54) is 0 Å². The first kappa shape index (κ1) is 21.5. The number of halogens is 1. The van der Waals surface area contributed by atoms with E-state index < -0.39 is 0 Å². The van der Waals surface area contributed by atoms with Crippen molar-refractivity contribution in [3.8, 4) is 5.75 Å². The molecule has 0 amide bonds. The van der Waals surface area contributed by atoms with Crippen LogP contribution in [-0.2, 0) is 0 Å². The highest BCUT2D eigenvalue weighted by molar-refractivity contribution is 9.10. The van der Waals surface area contributed by atoms with E-state index in [9.17, 15) is 4.79 Å². The first-order chi connectivity index (χ1) is 13.0. The quantitative estimate of drug-likeness (QED) is 0.276. The third-order valence-corrected chi connectivity index (χ3v) is 5.20. The van der Waals surface area contributed by atoms with E-state index in [1.54, 1.807) is 11.8 Å². The maximum Gasteiger partial charge on any atom is 0.194 e. The lowest BCUT2D eigenvalue weighted by Crippen LogP contribution is -2.17. The largest absolute Gasteiger partial charge is 0.490 e. The van der Waals surface area contributed by atoms with Crippen LogP contribution in [-0.4, -0.2) is 43.7 Å². The van der Waals surface area contributed by atoms with Crippen LogP contribution in [0.15, 0.2) is 76.6 Å². The van der Waals surface area contributed by atoms with Gasteiger partial charge in [0.1, 0.15) is 12.4 Å². The van der Waals surface area contributed by atoms with Crippen molar-refractivity contribution in [2.24, 2.45) is 0 Å². The predicted molar refractivity (Wildman–Crippen MR) is 118 cm³/mol. The fraction of sp³-hybridized carbons (Fsp3) is 0.227. The van der Waals surface area contributed by atoms with Crippen molar-refractivity contribution >= 4 is 33.5 Å². The van der Waals surface area contributed by atoms with Crippen molar-refractivity contribution in [3.63, 3.8) is 0 Å². The minimum absolute atomic E-state index is 0.0172. The first-order valence-corrected chi connectivity index (χ1v) is 10.6. The Morgan fingerprint density at radius 3 is 2.59 bits per heavy atom. The summed E-state index contributed by atoms with van der Waals surface area (Å²) in [5.41, 5.74) is 1.37. The van der Waals surface area contributed by atoms with Gasteiger partial charge < -0.3 is 4.74 Å². The second-order valence-electron chi connectivity index (χ2n) is 5.99. The molecule has 0 aliphatic rings. The molecule has 0 spiro atoms. The highest BCUT2D eigenvalue weighted by Gasteiger charge is 2.14. The molecule has 0 radical (unpaired) electrons. The highest BCUT2D eigenvalue weighted by Crippen LogP contribution is 2.28. The van der Waals surface area contributed by atoms with Crippen LogP contribution in [0.1, 0.15) is 15.9 Å². The van der Waals surface area contributed by atoms with Crippen molar-refractivity contribution in [2.75, 3.05) is 33.0 Å². The average molecular weight is 446 g/mol. The van der Waals surface area contributed by atoms with Gasteiger partial charge in [-0.1, -0.05) is 34.2 Å². The maximum atomic E-state index is 12.8. The normalized spacial score (nSPS) is 11.1. The van der Waals surface area contributed by atoms with Crippen LogP contribution >= 0.6 is 27.7 Å². The molecule has 3 nitrogen and oxygen atoms in total. The topological polar surface area (TPSA) is 29.5 Å². The summed E-state index contributed by atoms with van der Waals surface area (Å²) in [6, 6.07) is 13.0. The molecule has 2 aromatic rings. The summed E-state index contributed by atoms with van der Waals surface area (Å²) in [6.07, 6.45) is 7.92. The minimum Gasteiger partial charge on any atom is -0.490 e. The highest BCUT2D eigenvalue weighted by atomic mass is 79.9. The van der Waals surface area contributed by atoms with Gasteiger partial charge >= 0.3 is 0 Å². The fourth-order valence-corrected chi connectivity index (χ4v) is 3.35. The van der Waals surface area contributed by atoms with E-state index in [4.69, 9.17) is 4.74 Å². The second-order valence-corrected chi connectivity index (χ2v) is 7.75. The van der Waals surface area contributed by atoms with Gasteiger partial charge in [-0.15, -0.1) is 18.3 Å². The van der Waals surface area contributed by atoms with Gasteiger partial charge in [-0.3, -0.25) is 9.69 Å². The van der Waals surface area contributed by atoms with Crippen LogP contribution in [0.5, 0.6) is 5.75 Å². The zero-order valence-electron chi connectivity index (χ0n) is 15.7. The van der Waals surface area contributed by atoms with Crippen molar-refractivity contribution in [1.82, 2.24) is 4.90 Å². The number of benzene rings is 2. The molecular formula is C22H24BrNO2S. The lowest BCUT2D eigenvalue weighted by atomic mass is 10.0. The fourth-order valence-electron chi connectivity index (χ4n) is 2.47. The van der Waals surface area contributed by atoms with Gasteiger partial charge in [0, 0.05) is 33.6 Å². The second kappa shape index (κ2) is 11.1. The molecule has 2 aromatic carbocycles. The number of hydrogen-bond donors (Lipinski definition) is 0. The van der Waals surface area contributed by atoms with Gasteiger partial charge in [0.05, 0.1) is 0 Å². The SMILES string of the molecule is C=CCN(C)CC=CCOc1ccc(C(=O)c2ccc(Br)cc2)c(SC)c1. The van der Waals surface area contributed by atoms with E-state index in [2.05, 4.69) is 33.5 Å². The molecule has 142 valence electrons. The Hall–Kier alpha value is -1.82. The number of carbonyl (C=O) groups is 1. The van der Waals surface area contributed by atoms with Crippen LogP contribution in [0, 0.1) is 0 Å². The first-order valence-electron chi connectivity index (χ1n) is 8.60. The number of rotatable bonds is 10. The van der Waals surface area contributed by atoms with E-state index in [-0.39, 0.29) is 5.78 Å². The third-order valence-electron chi connectivity index (χ3n) is 3.89. The molecule has 27 heavy (non-hydrogen) atoms. The number of hydrogen-bond acceptors (Lipinski definition) is 4. The summed E-state index contributed by atoms with van der Waals surface area (Å²) in [5.74, 6) is 0.777. The smallest absolute Gasteiger partial charge is 0.194 e. The van der Waals surface area contributed by atoms with Gasteiger partial charge in [-0.25, -0.2) is 0 Å². The molecule has 0 heterocycles. The summed E-state index contributed by atoms with van der Waals surface area (Å²) >= 11 is 4.94. The monoisotopic (exact) mass is 445 g/mol. The molecule has 0 aliphatic carbocycles. The van der Waals surface area contributed by atoms with Gasteiger partial charge in [-0.05, 0) is 55.8 Å². The van der Waals surface area contributed by atoms with E-state index in [1.807, 2.05) is 67.9 Å². The average Bonchev–Trinajstić information content (AvgIpc) is 2.68. The number of thioether (sulfide) groups is 1. The standard InChI is InChI=1S/C22H24BrNO2S/c1-4-13-24(2)14-5-6-15-26-19-11-12-20(21(16-19)27-3)22(25)17-7-9-18(23)10-8-17/h4-12,16H,1,13-15H2,2-3H3. The van der Waals surface area contributed by atoms with Crippen LogP contribution < -0.4 is 4.74 Å². The molecule has 0 aliphatic heterocycles. The van der Waals surface area contributed by atoms with Crippen LogP contribution in [0.2, 0.25) is 0 Å². The molecule has 0 bridgehead atoms. The number of ketones is 1.